The van der Waals surface area contributed by atoms with E-state index in [1.165, 1.54) is 25.7 Å². The molecule has 4 nitrogen and oxygen atoms in total. The lowest BCUT2D eigenvalue weighted by Crippen LogP contribution is -3.14. The Hall–Kier alpha value is -0.810. The number of quaternary nitrogens is 2. The lowest BCUT2D eigenvalue weighted by molar-refractivity contribution is -0.910. The average molecular weight is 435 g/mol. The van der Waals surface area contributed by atoms with Crippen LogP contribution in [0.5, 0.6) is 0 Å². The van der Waals surface area contributed by atoms with E-state index < -0.39 is 0 Å². The summed E-state index contributed by atoms with van der Waals surface area (Å²) in [5.41, 5.74) is 1.04. The van der Waals surface area contributed by atoms with Gasteiger partial charge in [0.2, 0.25) is 6.04 Å². The zero-order valence-corrected chi connectivity index (χ0v) is 19.4. The predicted octanol–water partition coefficient (Wildman–Crippen LogP) is -3.87. The highest BCUT2D eigenvalue weighted by Crippen LogP contribution is 2.11. The second kappa shape index (κ2) is 19.5. The Bertz CT molecular complexity index is 471. The first kappa shape index (κ1) is 29.4. The number of nitrogens with two attached hydrogens (primary N) is 1. The standard InChI is InChI=1S/C22H38N2O2.2ClH/c1-4-7-8-9-10-14-19-26-22(25)21(20-15-12-11-13-16-20)23-17-18-24(5-2)6-3;;/h11-13,15-16,21,23H,4-10,14,17-19H2,1-3H3;2*1H. The molecule has 0 aliphatic carbocycles. The second-order valence-corrected chi connectivity index (χ2v) is 7.06. The third kappa shape index (κ3) is 12.6. The number of carbonyl (C=O) groups excluding carboxylic acids is 1. The van der Waals surface area contributed by atoms with Crippen LogP contribution in [0.15, 0.2) is 30.3 Å². The molecule has 0 radical (unpaired) electrons. The van der Waals surface area contributed by atoms with Crippen LogP contribution in [0.3, 0.4) is 0 Å². The zero-order chi connectivity index (χ0) is 19.0. The summed E-state index contributed by atoms with van der Waals surface area (Å²) in [5.74, 6) is -0.0979. The zero-order valence-electron chi connectivity index (χ0n) is 17.9. The van der Waals surface area contributed by atoms with Crippen LogP contribution < -0.4 is 35.0 Å². The van der Waals surface area contributed by atoms with Crippen LogP contribution in [0.25, 0.3) is 0 Å². The molecule has 1 atom stereocenters. The van der Waals surface area contributed by atoms with Crippen molar-refractivity contribution in [3.05, 3.63) is 35.9 Å². The fraction of sp³-hybridized carbons (Fsp3) is 0.682. The minimum atomic E-state index is -0.244. The maximum absolute atomic E-state index is 12.6. The summed E-state index contributed by atoms with van der Waals surface area (Å²) < 4.78 is 5.60. The normalized spacial score (nSPS) is 11.4. The first-order valence-electron chi connectivity index (χ1n) is 10.6. The Morgan fingerprint density at radius 3 is 2.18 bits per heavy atom. The number of hydrogen-bond donors (Lipinski definition) is 2. The fourth-order valence-electron chi connectivity index (χ4n) is 3.23. The maximum Gasteiger partial charge on any atom is 0.369 e. The summed E-state index contributed by atoms with van der Waals surface area (Å²) in [6, 6.07) is 9.78. The van der Waals surface area contributed by atoms with Gasteiger partial charge in [0, 0.05) is 5.56 Å². The minimum Gasteiger partial charge on any atom is -1.00 e. The van der Waals surface area contributed by atoms with Crippen LogP contribution in [-0.4, -0.2) is 38.8 Å². The maximum atomic E-state index is 12.6. The van der Waals surface area contributed by atoms with Crippen LogP contribution in [0.4, 0.5) is 0 Å². The van der Waals surface area contributed by atoms with Gasteiger partial charge in [0.1, 0.15) is 13.1 Å². The van der Waals surface area contributed by atoms with Crippen LogP contribution in [0.1, 0.15) is 70.9 Å². The van der Waals surface area contributed by atoms with Gasteiger partial charge in [0.15, 0.2) is 0 Å². The Labute approximate surface area is 184 Å². The number of benzene rings is 1. The van der Waals surface area contributed by atoms with Crippen molar-refractivity contribution in [1.29, 1.82) is 0 Å². The summed E-state index contributed by atoms with van der Waals surface area (Å²) in [4.78, 5) is 14.2. The number of halogens is 2. The highest BCUT2D eigenvalue weighted by atomic mass is 35.5. The molecular formula is C22H40Cl2N2O2. The van der Waals surface area contributed by atoms with Gasteiger partial charge in [0.25, 0.3) is 0 Å². The molecule has 0 spiro atoms. The van der Waals surface area contributed by atoms with Gasteiger partial charge in [0.05, 0.1) is 19.7 Å². The molecule has 1 rings (SSSR count). The Kier molecular flexibility index (Phi) is 20.5. The smallest absolute Gasteiger partial charge is 0.369 e. The van der Waals surface area contributed by atoms with E-state index in [4.69, 9.17) is 4.74 Å². The molecule has 0 saturated carbocycles. The molecule has 1 aromatic rings. The van der Waals surface area contributed by atoms with Crippen LogP contribution in [-0.2, 0) is 9.53 Å². The number of ether oxygens (including phenoxy) is 1. The van der Waals surface area contributed by atoms with Gasteiger partial charge in [-0.1, -0.05) is 69.4 Å². The second-order valence-electron chi connectivity index (χ2n) is 7.06. The SMILES string of the molecule is CCCCCCCCOC(=O)C([NH2+]CC[NH+](CC)CC)c1ccccc1.[Cl-].[Cl-]. The summed E-state index contributed by atoms with van der Waals surface area (Å²) in [5, 5.41) is 2.14. The molecule has 3 N–H and O–H groups in total. The van der Waals surface area contributed by atoms with Crippen molar-refractivity contribution >= 4 is 5.97 Å². The highest BCUT2D eigenvalue weighted by molar-refractivity contribution is 5.75. The summed E-state index contributed by atoms with van der Waals surface area (Å²) >= 11 is 0. The number of hydrogen-bond acceptors (Lipinski definition) is 2. The van der Waals surface area contributed by atoms with E-state index in [1.807, 2.05) is 30.3 Å². The van der Waals surface area contributed by atoms with E-state index in [2.05, 4.69) is 26.1 Å². The molecule has 164 valence electrons. The van der Waals surface area contributed by atoms with Gasteiger partial charge < -0.3 is 39.8 Å². The van der Waals surface area contributed by atoms with Crippen molar-refractivity contribution in [2.45, 2.75) is 65.3 Å². The Morgan fingerprint density at radius 2 is 1.57 bits per heavy atom. The molecule has 0 saturated heterocycles. The highest BCUT2D eigenvalue weighted by Gasteiger charge is 2.25. The first-order valence-corrected chi connectivity index (χ1v) is 10.6. The van der Waals surface area contributed by atoms with E-state index in [1.54, 1.807) is 4.90 Å². The van der Waals surface area contributed by atoms with Gasteiger partial charge >= 0.3 is 5.97 Å². The minimum absolute atomic E-state index is 0. The number of unbranched alkanes of at least 4 members (excludes halogenated alkanes) is 5. The fourth-order valence-corrected chi connectivity index (χ4v) is 3.23. The number of rotatable bonds is 15. The monoisotopic (exact) mass is 434 g/mol. The lowest BCUT2D eigenvalue weighted by Gasteiger charge is -2.18. The topological polar surface area (TPSA) is 47.3 Å². The molecule has 1 unspecified atom stereocenters. The number of nitrogens with one attached hydrogen (secondary N) is 1. The van der Waals surface area contributed by atoms with Crippen molar-refractivity contribution in [2.24, 2.45) is 0 Å². The molecule has 0 aliphatic heterocycles. The summed E-state index contributed by atoms with van der Waals surface area (Å²) in [6.45, 7) is 11.5. The van der Waals surface area contributed by atoms with Crippen LogP contribution in [0.2, 0.25) is 0 Å². The molecule has 0 amide bonds. The van der Waals surface area contributed by atoms with E-state index in [-0.39, 0.29) is 36.8 Å². The molecular weight excluding hydrogens is 395 g/mol. The van der Waals surface area contributed by atoms with E-state index in [9.17, 15) is 4.79 Å². The third-order valence-electron chi connectivity index (χ3n) is 5.06. The van der Waals surface area contributed by atoms with Gasteiger partial charge in [-0.05, 0) is 20.3 Å². The summed E-state index contributed by atoms with van der Waals surface area (Å²) in [6.07, 6.45) is 7.22. The van der Waals surface area contributed by atoms with Gasteiger partial charge in [-0.3, -0.25) is 0 Å². The molecule has 28 heavy (non-hydrogen) atoms. The van der Waals surface area contributed by atoms with Crippen molar-refractivity contribution < 1.29 is 44.6 Å². The number of likely N-dealkylation sites (N-methyl/N-ethyl adjacent to an activating group) is 1. The number of esters is 1. The third-order valence-corrected chi connectivity index (χ3v) is 5.06. The van der Waals surface area contributed by atoms with Crippen LogP contribution >= 0.6 is 0 Å². The Morgan fingerprint density at radius 1 is 0.964 bits per heavy atom. The quantitative estimate of drug-likeness (QED) is 0.219. The largest absolute Gasteiger partial charge is 1.00 e. The van der Waals surface area contributed by atoms with Crippen molar-refractivity contribution in [1.82, 2.24) is 0 Å². The molecule has 1 aromatic carbocycles. The molecule has 6 heteroatoms. The van der Waals surface area contributed by atoms with Gasteiger partial charge in [-0.15, -0.1) is 0 Å². The lowest BCUT2D eigenvalue weighted by atomic mass is 10.1. The van der Waals surface area contributed by atoms with Crippen molar-refractivity contribution in [3.63, 3.8) is 0 Å². The molecule has 0 aromatic heterocycles. The van der Waals surface area contributed by atoms with E-state index in [0.717, 1.165) is 44.6 Å². The molecule has 0 heterocycles. The van der Waals surface area contributed by atoms with Gasteiger partial charge in [-0.2, -0.15) is 0 Å². The van der Waals surface area contributed by atoms with Crippen molar-refractivity contribution in [3.8, 4) is 0 Å². The van der Waals surface area contributed by atoms with E-state index in [0.29, 0.717) is 6.61 Å². The van der Waals surface area contributed by atoms with E-state index >= 15 is 0 Å². The van der Waals surface area contributed by atoms with Crippen molar-refractivity contribution in [2.75, 3.05) is 32.8 Å². The number of carbonyl (C=O) groups is 1. The molecule has 0 bridgehead atoms. The molecule has 0 aliphatic rings. The summed E-state index contributed by atoms with van der Waals surface area (Å²) in [7, 11) is 0. The Balaban J connectivity index is 0. The van der Waals surface area contributed by atoms with Gasteiger partial charge in [-0.25, -0.2) is 4.79 Å². The average Bonchev–Trinajstić information content (AvgIpc) is 2.68. The predicted molar refractivity (Wildman–Crippen MR) is 107 cm³/mol. The first-order chi connectivity index (χ1) is 12.7. The van der Waals surface area contributed by atoms with Crippen LogP contribution in [0, 0.1) is 0 Å². The molecule has 0 fully saturated rings.